The monoisotopic (exact) mass is 398 g/mol. The molecule has 2 N–H and O–H groups in total. The summed E-state index contributed by atoms with van der Waals surface area (Å²) in [5.41, 5.74) is -2.53. The molecule has 4 unspecified atom stereocenters. The van der Waals surface area contributed by atoms with E-state index < -0.39 is 23.1 Å². The van der Waals surface area contributed by atoms with E-state index in [0.29, 0.717) is 50.7 Å². The molecule has 0 aromatic heterocycles. The molecule has 2 aliphatic carbocycles. The summed E-state index contributed by atoms with van der Waals surface area (Å²) in [7, 11) is 0. The lowest BCUT2D eigenvalue weighted by molar-refractivity contribution is -0.165. The van der Waals surface area contributed by atoms with Crippen LogP contribution in [0.1, 0.15) is 90.9 Å². The van der Waals surface area contributed by atoms with Gasteiger partial charge in [0.05, 0.1) is 13.2 Å². The van der Waals surface area contributed by atoms with E-state index in [2.05, 4.69) is 0 Å². The van der Waals surface area contributed by atoms with Crippen LogP contribution in [0.3, 0.4) is 0 Å². The highest BCUT2D eigenvalue weighted by molar-refractivity contribution is 5.80. The van der Waals surface area contributed by atoms with Crippen LogP contribution in [0.2, 0.25) is 0 Å². The van der Waals surface area contributed by atoms with Crippen LogP contribution in [-0.4, -0.2) is 46.6 Å². The molecule has 2 rings (SSSR count). The average molecular weight is 399 g/mol. The van der Waals surface area contributed by atoms with Crippen LogP contribution < -0.4 is 0 Å². The van der Waals surface area contributed by atoms with Gasteiger partial charge in [-0.05, 0) is 64.2 Å². The zero-order valence-electron chi connectivity index (χ0n) is 17.6. The van der Waals surface area contributed by atoms with Gasteiger partial charge in [-0.1, -0.05) is 38.5 Å². The van der Waals surface area contributed by atoms with Crippen molar-refractivity contribution in [3.8, 4) is 0 Å². The Labute approximate surface area is 169 Å². The van der Waals surface area contributed by atoms with Crippen LogP contribution in [0.4, 0.5) is 0 Å². The molecule has 0 aliphatic heterocycles. The number of ether oxygens (including phenoxy) is 2. The van der Waals surface area contributed by atoms with Crippen molar-refractivity contribution in [2.24, 2.45) is 11.8 Å². The van der Waals surface area contributed by atoms with Gasteiger partial charge >= 0.3 is 11.9 Å². The molecule has 0 heterocycles. The van der Waals surface area contributed by atoms with E-state index in [9.17, 15) is 19.8 Å². The molecular formula is C22H38O6. The van der Waals surface area contributed by atoms with Crippen LogP contribution in [0.15, 0.2) is 0 Å². The number of esters is 2. The summed E-state index contributed by atoms with van der Waals surface area (Å²) < 4.78 is 9.98. The van der Waals surface area contributed by atoms with Gasteiger partial charge in [0.25, 0.3) is 0 Å². The van der Waals surface area contributed by atoms with Gasteiger partial charge < -0.3 is 19.7 Å². The van der Waals surface area contributed by atoms with Gasteiger partial charge in [0, 0.05) is 0 Å². The number of hydrogen-bond acceptors (Lipinski definition) is 6. The fourth-order valence-corrected chi connectivity index (χ4v) is 4.86. The van der Waals surface area contributed by atoms with Crippen molar-refractivity contribution >= 4 is 11.9 Å². The molecule has 2 aliphatic rings. The summed E-state index contributed by atoms with van der Waals surface area (Å²) in [5, 5.41) is 20.8. The zero-order valence-corrected chi connectivity index (χ0v) is 17.6. The highest BCUT2D eigenvalue weighted by Crippen LogP contribution is 2.39. The summed E-state index contributed by atoms with van der Waals surface area (Å²) >= 11 is 0. The second-order valence-electron chi connectivity index (χ2n) is 8.71. The van der Waals surface area contributed by atoms with Crippen LogP contribution in [-0.2, 0) is 19.1 Å². The second kappa shape index (κ2) is 10.6. The summed E-state index contributed by atoms with van der Waals surface area (Å²) in [4.78, 5) is 23.7. The molecule has 0 aromatic rings. The Balaban J connectivity index is 1.55. The minimum atomic E-state index is -1.27. The summed E-state index contributed by atoms with van der Waals surface area (Å²) in [6.45, 7) is 4.14. The first-order valence-electron chi connectivity index (χ1n) is 11.1. The maximum atomic E-state index is 11.9. The number of rotatable bonds is 11. The lowest BCUT2D eigenvalue weighted by Crippen LogP contribution is -2.37. The fourth-order valence-electron chi connectivity index (χ4n) is 4.86. The summed E-state index contributed by atoms with van der Waals surface area (Å²) in [5.74, 6) is -0.110. The third kappa shape index (κ3) is 6.18. The van der Waals surface area contributed by atoms with E-state index >= 15 is 0 Å². The van der Waals surface area contributed by atoms with Crippen molar-refractivity contribution in [3.63, 3.8) is 0 Å². The fraction of sp³-hybridized carbons (Fsp3) is 0.909. The first-order chi connectivity index (χ1) is 13.3. The first kappa shape index (κ1) is 23.1. The molecule has 28 heavy (non-hydrogen) atoms. The molecule has 0 aromatic carbocycles. The van der Waals surface area contributed by atoms with Crippen molar-refractivity contribution in [1.29, 1.82) is 0 Å². The van der Waals surface area contributed by atoms with Gasteiger partial charge in [0.15, 0.2) is 11.2 Å². The molecule has 0 spiro atoms. The van der Waals surface area contributed by atoms with E-state index in [-0.39, 0.29) is 0 Å². The lowest BCUT2D eigenvalue weighted by atomic mass is 9.94. The molecule has 0 bridgehead atoms. The number of carbonyl (C=O) groups excluding carboxylic acids is 2. The number of unbranched alkanes of at least 4 members (excludes halogenated alkanes) is 3. The standard InChI is InChI=1S/C22H38O6/c1-3-27-19(23)21(25)13-11-17(15-21)9-7-5-6-8-10-18-12-14-22(26,16-18)20(24)28-4-2/h17-18,25-26H,3-16H2,1-2H3. The molecule has 0 radical (unpaired) electrons. The van der Waals surface area contributed by atoms with Crippen molar-refractivity contribution in [2.45, 2.75) is 102 Å². The maximum absolute atomic E-state index is 11.9. The van der Waals surface area contributed by atoms with Gasteiger partial charge in [0.1, 0.15) is 0 Å². The quantitative estimate of drug-likeness (QED) is 0.409. The molecular weight excluding hydrogens is 360 g/mol. The van der Waals surface area contributed by atoms with Gasteiger partial charge in [0.2, 0.25) is 0 Å². The summed E-state index contributed by atoms with van der Waals surface area (Å²) in [6.07, 6.45) is 10.5. The van der Waals surface area contributed by atoms with Gasteiger partial charge in [-0.2, -0.15) is 0 Å². The topological polar surface area (TPSA) is 93.1 Å². The minimum Gasteiger partial charge on any atom is -0.464 e. The largest absolute Gasteiger partial charge is 0.464 e. The average Bonchev–Trinajstić information content (AvgIpc) is 3.23. The predicted octanol–water partition coefficient (Wildman–Crippen LogP) is 3.52. The Morgan fingerprint density at radius 3 is 1.54 bits per heavy atom. The maximum Gasteiger partial charge on any atom is 0.338 e. The highest BCUT2D eigenvalue weighted by atomic mass is 16.6. The van der Waals surface area contributed by atoms with Crippen LogP contribution in [0, 0.1) is 11.8 Å². The summed E-state index contributed by atoms with van der Waals surface area (Å²) in [6, 6.07) is 0. The highest BCUT2D eigenvalue weighted by Gasteiger charge is 2.45. The molecule has 4 atom stereocenters. The molecule has 6 nitrogen and oxygen atoms in total. The van der Waals surface area contributed by atoms with Crippen molar-refractivity contribution in [3.05, 3.63) is 0 Å². The number of carbonyl (C=O) groups is 2. The van der Waals surface area contributed by atoms with Crippen molar-refractivity contribution in [1.82, 2.24) is 0 Å². The molecule has 2 fully saturated rings. The Hall–Kier alpha value is -1.14. The third-order valence-electron chi connectivity index (χ3n) is 6.47. The third-order valence-corrected chi connectivity index (χ3v) is 6.47. The smallest absolute Gasteiger partial charge is 0.338 e. The Kier molecular flexibility index (Phi) is 8.75. The van der Waals surface area contributed by atoms with Crippen molar-refractivity contribution in [2.75, 3.05) is 13.2 Å². The normalized spacial score (nSPS) is 32.4. The van der Waals surface area contributed by atoms with Crippen molar-refractivity contribution < 1.29 is 29.3 Å². The van der Waals surface area contributed by atoms with Gasteiger partial charge in [-0.25, -0.2) is 9.59 Å². The minimum absolute atomic E-state index is 0.310. The van der Waals surface area contributed by atoms with E-state index in [1.54, 1.807) is 13.8 Å². The van der Waals surface area contributed by atoms with E-state index in [4.69, 9.17) is 9.47 Å². The van der Waals surface area contributed by atoms with Crippen LogP contribution in [0.25, 0.3) is 0 Å². The van der Waals surface area contributed by atoms with Crippen LogP contribution in [0.5, 0.6) is 0 Å². The number of aliphatic hydroxyl groups is 2. The SMILES string of the molecule is CCOC(=O)C1(O)CCC(CCCCCCC2CCC(O)(C(=O)OCC)C2)C1. The second-order valence-corrected chi connectivity index (χ2v) is 8.71. The Bertz CT molecular complexity index is 475. The molecule has 162 valence electrons. The lowest BCUT2D eigenvalue weighted by Gasteiger charge is -2.20. The Morgan fingerprint density at radius 2 is 1.18 bits per heavy atom. The predicted molar refractivity (Wildman–Crippen MR) is 106 cm³/mol. The van der Waals surface area contributed by atoms with Crippen LogP contribution >= 0.6 is 0 Å². The Morgan fingerprint density at radius 1 is 0.786 bits per heavy atom. The molecule has 6 heteroatoms. The molecule has 2 saturated carbocycles. The van der Waals surface area contributed by atoms with Gasteiger partial charge in [-0.3, -0.25) is 0 Å². The molecule has 0 amide bonds. The van der Waals surface area contributed by atoms with E-state index in [0.717, 1.165) is 51.4 Å². The van der Waals surface area contributed by atoms with Gasteiger partial charge in [-0.15, -0.1) is 0 Å². The number of hydrogen-bond donors (Lipinski definition) is 2. The van der Waals surface area contributed by atoms with E-state index in [1.165, 1.54) is 0 Å². The first-order valence-corrected chi connectivity index (χ1v) is 11.1. The molecule has 0 saturated heterocycles. The zero-order chi connectivity index (χ0) is 20.6. The van der Waals surface area contributed by atoms with E-state index in [1.807, 2.05) is 0 Å².